The molecule has 0 bridgehead atoms. The normalized spacial score (nSPS) is 17.8. The highest BCUT2D eigenvalue weighted by atomic mass is 35.5. The lowest BCUT2D eigenvalue weighted by atomic mass is 10.0. The van der Waals surface area contributed by atoms with E-state index in [4.69, 9.17) is 16.3 Å². The molecule has 1 saturated heterocycles. The van der Waals surface area contributed by atoms with Gasteiger partial charge in [0.2, 0.25) is 0 Å². The number of nitrogens with one attached hydrogen (secondary N) is 1. The van der Waals surface area contributed by atoms with E-state index in [0.717, 1.165) is 72.2 Å². The fourth-order valence-electron chi connectivity index (χ4n) is 5.96. The molecule has 2 fully saturated rings. The SMILES string of the molecule is COc1ccc2[nH]c(=O)c([C@@H](c3nnnn3C3CCCC3)N3CCN(c4cc(Cl)ccc4C)CC3)cc2c1. The number of hydrogen-bond donors (Lipinski definition) is 1. The van der Waals surface area contributed by atoms with Crippen molar-refractivity contribution in [2.24, 2.45) is 0 Å². The second-order valence-electron chi connectivity index (χ2n) is 10.3. The van der Waals surface area contributed by atoms with Crippen LogP contribution in [0.5, 0.6) is 5.75 Å². The van der Waals surface area contributed by atoms with Crippen LogP contribution in [-0.4, -0.2) is 63.4 Å². The Balaban J connectivity index is 1.39. The van der Waals surface area contributed by atoms with Crippen LogP contribution in [0.15, 0.2) is 47.3 Å². The number of aromatic nitrogens is 5. The maximum atomic E-state index is 13.6. The summed E-state index contributed by atoms with van der Waals surface area (Å²) in [6, 6.07) is 13.6. The number of halogens is 1. The van der Waals surface area contributed by atoms with Gasteiger partial charge in [-0.15, -0.1) is 5.10 Å². The second-order valence-corrected chi connectivity index (χ2v) is 10.7. The zero-order valence-corrected chi connectivity index (χ0v) is 22.5. The van der Waals surface area contributed by atoms with Crippen molar-refractivity contribution >= 4 is 28.2 Å². The van der Waals surface area contributed by atoms with Crippen LogP contribution in [0.2, 0.25) is 5.02 Å². The van der Waals surface area contributed by atoms with Crippen molar-refractivity contribution in [1.29, 1.82) is 0 Å². The first-order chi connectivity index (χ1) is 18.5. The van der Waals surface area contributed by atoms with Gasteiger partial charge < -0.3 is 14.6 Å². The van der Waals surface area contributed by atoms with Crippen LogP contribution in [-0.2, 0) is 0 Å². The molecule has 0 spiro atoms. The van der Waals surface area contributed by atoms with Crippen molar-refractivity contribution in [1.82, 2.24) is 30.1 Å². The minimum absolute atomic E-state index is 0.123. The molecule has 1 N–H and O–H groups in total. The maximum Gasteiger partial charge on any atom is 0.253 e. The summed E-state index contributed by atoms with van der Waals surface area (Å²) < 4.78 is 7.42. The van der Waals surface area contributed by atoms with Gasteiger partial charge in [-0.05, 0) is 72.2 Å². The van der Waals surface area contributed by atoms with E-state index in [2.05, 4.69) is 43.3 Å². The van der Waals surface area contributed by atoms with Crippen LogP contribution in [0.3, 0.4) is 0 Å². The molecule has 3 heterocycles. The van der Waals surface area contributed by atoms with E-state index in [1.165, 1.54) is 18.4 Å². The molecule has 38 heavy (non-hydrogen) atoms. The quantitative estimate of drug-likeness (QED) is 0.390. The number of fused-ring (bicyclic) bond motifs is 1. The van der Waals surface area contributed by atoms with Crippen molar-refractivity contribution < 1.29 is 4.74 Å². The van der Waals surface area contributed by atoms with E-state index in [0.29, 0.717) is 5.56 Å². The summed E-state index contributed by atoms with van der Waals surface area (Å²) in [5.74, 6) is 1.48. The van der Waals surface area contributed by atoms with Crippen molar-refractivity contribution in [2.75, 3.05) is 38.2 Å². The molecule has 4 aromatic rings. The molecule has 10 heteroatoms. The van der Waals surface area contributed by atoms with Gasteiger partial charge in [-0.3, -0.25) is 9.69 Å². The number of hydrogen-bond acceptors (Lipinski definition) is 7. The van der Waals surface area contributed by atoms with E-state index in [1.807, 2.05) is 41.1 Å². The lowest BCUT2D eigenvalue weighted by Crippen LogP contribution is -2.49. The molecule has 1 saturated carbocycles. The molecule has 6 rings (SSSR count). The van der Waals surface area contributed by atoms with Gasteiger partial charge in [0.05, 0.1) is 13.2 Å². The first kappa shape index (κ1) is 24.9. The number of aromatic amines is 1. The smallest absolute Gasteiger partial charge is 0.253 e. The van der Waals surface area contributed by atoms with Gasteiger partial charge >= 0.3 is 0 Å². The standard InChI is InChI=1S/C28H32ClN7O2/c1-18-7-8-20(29)17-25(18)34-11-13-35(14-12-34)26(27-31-32-33-36(27)21-5-3-4-6-21)23-16-19-15-22(38-2)9-10-24(19)30-28(23)37/h7-10,15-17,21,26H,3-6,11-14H2,1-2H3,(H,30,37)/t26-/m0/s1. The van der Waals surface area contributed by atoms with Crippen LogP contribution in [0.4, 0.5) is 5.69 Å². The van der Waals surface area contributed by atoms with E-state index in [1.54, 1.807) is 7.11 Å². The summed E-state index contributed by atoms with van der Waals surface area (Å²) in [5, 5.41) is 14.7. The van der Waals surface area contributed by atoms with Gasteiger partial charge in [0.25, 0.3) is 5.56 Å². The van der Waals surface area contributed by atoms with Crippen molar-refractivity contribution in [3.05, 3.63) is 74.8 Å². The van der Waals surface area contributed by atoms with Crippen LogP contribution < -0.4 is 15.2 Å². The van der Waals surface area contributed by atoms with E-state index >= 15 is 0 Å². The minimum Gasteiger partial charge on any atom is -0.497 e. The average molecular weight is 534 g/mol. The highest BCUT2D eigenvalue weighted by Gasteiger charge is 2.35. The number of methoxy groups -OCH3 is 1. The number of aryl methyl sites for hydroxylation is 1. The average Bonchev–Trinajstić information content (AvgIpc) is 3.63. The van der Waals surface area contributed by atoms with Crippen LogP contribution in [0.1, 0.15) is 54.7 Å². The Morgan fingerprint density at radius 1 is 1.05 bits per heavy atom. The molecule has 0 unspecified atom stereocenters. The number of H-pyrrole nitrogens is 1. The summed E-state index contributed by atoms with van der Waals surface area (Å²) in [7, 11) is 1.65. The molecular weight excluding hydrogens is 502 g/mol. The summed E-state index contributed by atoms with van der Waals surface area (Å²) in [6.07, 6.45) is 4.45. The summed E-state index contributed by atoms with van der Waals surface area (Å²) in [6.45, 7) is 5.23. The molecule has 1 aliphatic carbocycles. The lowest BCUT2D eigenvalue weighted by molar-refractivity contribution is 0.197. The zero-order valence-electron chi connectivity index (χ0n) is 21.7. The molecule has 1 atom stereocenters. The number of benzene rings is 2. The highest BCUT2D eigenvalue weighted by Crippen LogP contribution is 2.35. The Morgan fingerprint density at radius 3 is 2.61 bits per heavy atom. The first-order valence-corrected chi connectivity index (χ1v) is 13.6. The Hall–Kier alpha value is -3.43. The number of anilines is 1. The Morgan fingerprint density at radius 2 is 1.84 bits per heavy atom. The van der Waals surface area contributed by atoms with Gasteiger partial charge in [0.1, 0.15) is 11.8 Å². The third-order valence-corrected chi connectivity index (χ3v) is 8.23. The fourth-order valence-corrected chi connectivity index (χ4v) is 6.13. The number of ether oxygens (including phenoxy) is 1. The van der Waals surface area contributed by atoms with Crippen molar-refractivity contribution in [3.8, 4) is 5.75 Å². The van der Waals surface area contributed by atoms with Gasteiger partial charge in [-0.1, -0.05) is 30.5 Å². The second kappa shape index (κ2) is 10.4. The molecule has 0 amide bonds. The number of rotatable bonds is 6. The molecule has 2 aromatic heterocycles. The molecule has 0 radical (unpaired) electrons. The Kier molecular flexibility index (Phi) is 6.80. The molecular formula is C28H32ClN7O2. The molecule has 198 valence electrons. The van der Waals surface area contributed by atoms with Crippen molar-refractivity contribution in [2.45, 2.75) is 44.7 Å². The lowest BCUT2D eigenvalue weighted by Gasteiger charge is -2.40. The van der Waals surface area contributed by atoms with Crippen LogP contribution in [0, 0.1) is 6.92 Å². The summed E-state index contributed by atoms with van der Waals surface area (Å²) >= 11 is 6.32. The summed E-state index contributed by atoms with van der Waals surface area (Å²) in [5.41, 5.74) is 3.65. The fraction of sp³-hybridized carbons (Fsp3) is 0.429. The van der Waals surface area contributed by atoms with Gasteiger partial charge in [0.15, 0.2) is 5.82 Å². The van der Waals surface area contributed by atoms with Crippen LogP contribution in [0.25, 0.3) is 10.9 Å². The monoisotopic (exact) mass is 533 g/mol. The highest BCUT2D eigenvalue weighted by molar-refractivity contribution is 6.30. The topological polar surface area (TPSA) is 92.2 Å². The minimum atomic E-state index is -0.368. The van der Waals surface area contributed by atoms with E-state index < -0.39 is 0 Å². The van der Waals surface area contributed by atoms with E-state index in [-0.39, 0.29) is 17.6 Å². The molecule has 9 nitrogen and oxygen atoms in total. The maximum absolute atomic E-state index is 13.6. The van der Waals surface area contributed by atoms with Gasteiger partial charge in [0, 0.05) is 53.4 Å². The third-order valence-electron chi connectivity index (χ3n) is 8.00. The van der Waals surface area contributed by atoms with Gasteiger partial charge in [-0.25, -0.2) is 4.68 Å². The third kappa shape index (κ3) is 4.65. The first-order valence-electron chi connectivity index (χ1n) is 13.3. The molecule has 1 aliphatic heterocycles. The Labute approximate surface area is 226 Å². The molecule has 2 aliphatic rings. The largest absolute Gasteiger partial charge is 0.497 e. The number of tetrazole rings is 1. The molecule has 2 aromatic carbocycles. The van der Waals surface area contributed by atoms with Crippen molar-refractivity contribution in [3.63, 3.8) is 0 Å². The summed E-state index contributed by atoms with van der Waals surface area (Å²) in [4.78, 5) is 21.3. The van der Waals surface area contributed by atoms with Gasteiger partial charge in [-0.2, -0.15) is 0 Å². The predicted octanol–water partition coefficient (Wildman–Crippen LogP) is 4.51. The van der Waals surface area contributed by atoms with E-state index in [9.17, 15) is 4.79 Å². The zero-order chi connectivity index (χ0) is 26.2. The number of pyridine rings is 1. The Bertz CT molecular complexity index is 1500. The van der Waals surface area contributed by atoms with Crippen LogP contribution >= 0.6 is 11.6 Å². The predicted molar refractivity (Wildman–Crippen MR) is 148 cm³/mol. The number of nitrogens with zero attached hydrogens (tertiary/aromatic N) is 6. The number of piperazine rings is 1.